The minimum absolute atomic E-state index is 0.202. The number of methoxy groups -OCH3 is 1. The van der Waals surface area contributed by atoms with Crippen molar-refractivity contribution in [2.75, 3.05) is 39.0 Å². The van der Waals surface area contributed by atoms with Crippen LogP contribution in [0.4, 0.5) is 0 Å². The van der Waals surface area contributed by atoms with Gasteiger partial charge >= 0.3 is 0 Å². The third-order valence-corrected chi connectivity index (χ3v) is 6.56. The van der Waals surface area contributed by atoms with Crippen molar-refractivity contribution in [3.8, 4) is 17.1 Å². The van der Waals surface area contributed by atoms with Crippen molar-refractivity contribution in [2.24, 2.45) is 0 Å². The molecule has 0 spiro atoms. The van der Waals surface area contributed by atoms with Crippen LogP contribution in [-0.2, 0) is 11.3 Å². The molecule has 168 valence electrons. The first-order valence-electron chi connectivity index (χ1n) is 10.5. The Labute approximate surface area is 196 Å². The summed E-state index contributed by atoms with van der Waals surface area (Å²) in [4.78, 5) is 22.4. The molecule has 0 N–H and O–H groups in total. The molecule has 0 atom stereocenters. The van der Waals surface area contributed by atoms with Crippen LogP contribution in [0.1, 0.15) is 12.3 Å². The van der Waals surface area contributed by atoms with E-state index in [2.05, 4.69) is 15.0 Å². The van der Waals surface area contributed by atoms with Gasteiger partial charge in [-0.05, 0) is 48.5 Å². The van der Waals surface area contributed by atoms with Crippen molar-refractivity contribution in [1.29, 1.82) is 0 Å². The van der Waals surface area contributed by atoms with Crippen LogP contribution in [-0.4, -0.2) is 64.9 Å². The lowest BCUT2D eigenvalue weighted by Gasteiger charge is -2.34. The van der Waals surface area contributed by atoms with E-state index in [1.165, 1.54) is 0 Å². The number of ether oxygens (including phenoxy) is 1. The zero-order chi connectivity index (χ0) is 22.3. The molecule has 0 bridgehead atoms. The van der Waals surface area contributed by atoms with Gasteiger partial charge in [0.15, 0.2) is 0 Å². The lowest BCUT2D eigenvalue weighted by molar-refractivity contribution is -0.132. The van der Waals surface area contributed by atoms with Crippen LogP contribution < -0.4 is 4.74 Å². The summed E-state index contributed by atoms with van der Waals surface area (Å²) in [5.41, 5.74) is 0.868. The number of rotatable bonds is 8. The summed E-state index contributed by atoms with van der Waals surface area (Å²) >= 11 is 7.62. The fourth-order valence-corrected chi connectivity index (χ4v) is 4.44. The molecule has 3 aromatic rings. The second-order valence-electron chi connectivity index (χ2n) is 7.45. The SMILES string of the molecule is COc1ccc(SCCC(=O)N2CCN(Cc3nc(-c4ccc(Cl)cc4)no3)CC2)cc1. The van der Waals surface area contributed by atoms with Crippen LogP contribution in [0, 0.1) is 0 Å². The van der Waals surface area contributed by atoms with Gasteiger partial charge in [0.1, 0.15) is 5.75 Å². The van der Waals surface area contributed by atoms with Gasteiger partial charge in [-0.25, -0.2) is 0 Å². The summed E-state index contributed by atoms with van der Waals surface area (Å²) in [6.45, 7) is 3.58. The highest BCUT2D eigenvalue weighted by atomic mass is 35.5. The van der Waals surface area contributed by atoms with E-state index in [4.69, 9.17) is 20.9 Å². The van der Waals surface area contributed by atoms with E-state index >= 15 is 0 Å². The van der Waals surface area contributed by atoms with E-state index in [1.54, 1.807) is 31.0 Å². The van der Waals surface area contributed by atoms with Gasteiger partial charge in [-0.1, -0.05) is 16.8 Å². The van der Waals surface area contributed by atoms with Crippen LogP contribution in [0.25, 0.3) is 11.4 Å². The number of nitrogens with zero attached hydrogens (tertiary/aromatic N) is 4. The smallest absolute Gasteiger partial charge is 0.241 e. The Hall–Kier alpha value is -2.55. The number of amides is 1. The number of halogens is 1. The third kappa shape index (κ3) is 6.03. The molecule has 0 saturated carbocycles. The number of carbonyl (C=O) groups excluding carboxylic acids is 1. The Balaban J connectivity index is 1.19. The molecule has 4 rings (SSSR count). The molecule has 7 nitrogen and oxygen atoms in total. The van der Waals surface area contributed by atoms with Gasteiger partial charge in [-0.2, -0.15) is 4.98 Å². The summed E-state index contributed by atoms with van der Waals surface area (Å²) in [7, 11) is 1.65. The van der Waals surface area contributed by atoms with Crippen molar-refractivity contribution in [2.45, 2.75) is 17.9 Å². The van der Waals surface area contributed by atoms with Gasteiger partial charge in [0.2, 0.25) is 17.6 Å². The van der Waals surface area contributed by atoms with Crippen molar-refractivity contribution in [3.63, 3.8) is 0 Å². The van der Waals surface area contributed by atoms with Gasteiger partial charge in [-0.3, -0.25) is 9.69 Å². The lowest BCUT2D eigenvalue weighted by Crippen LogP contribution is -2.48. The normalized spacial score (nSPS) is 14.5. The van der Waals surface area contributed by atoms with E-state index in [9.17, 15) is 4.79 Å². The van der Waals surface area contributed by atoms with Crippen molar-refractivity contribution < 1.29 is 14.1 Å². The minimum atomic E-state index is 0.202. The largest absolute Gasteiger partial charge is 0.497 e. The molecule has 1 aromatic heterocycles. The Morgan fingerprint density at radius 2 is 1.81 bits per heavy atom. The summed E-state index contributed by atoms with van der Waals surface area (Å²) in [5.74, 6) is 2.94. The second kappa shape index (κ2) is 10.8. The molecule has 0 aliphatic carbocycles. The Morgan fingerprint density at radius 3 is 2.50 bits per heavy atom. The third-order valence-electron chi connectivity index (χ3n) is 5.30. The van der Waals surface area contributed by atoms with Crippen molar-refractivity contribution in [3.05, 3.63) is 59.4 Å². The molecule has 9 heteroatoms. The molecule has 1 aliphatic heterocycles. The highest BCUT2D eigenvalue weighted by Crippen LogP contribution is 2.22. The molecule has 1 amide bonds. The van der Waals surface area contributed by atoms with Crippen molar-refractivity contribution in [1.82, 2.24) is 19.9 Å². The highest BCUT2D eigenvalue weighted by molar-refractivity contribution is 7.99. The van der Waals surface area contributed by atoms with Gasteiger partial charge in [0.25, 0.3) is 0 Å². The zero-order valence-electron chi connectivity index (χ0n) is 17.9. The molecule has 1 fully saturated rings. The quantitative estimate of drug-likeness (QED) is 0.454. The molecule has 1 aliphatic rings. The maximum atomic E-state index is 12.6. The summed E-state index contributed by atoms with van der Waals surface area (Å²) in [5, 5.41) is 4.73. The molecular formula is C23H25ClN4O3S. The molecule has 2 aromatic carbocycles. The lowest BCUT2D eigenvalue weighted by atomic mass is 10.2. The van der Waals surface area contributed by atoms with Gasteiger partial charge in [-0.15, -0.1) is 11.8 Å². The van der Waals surface area contributed by atoms with Crippen LogP contribution >= 0.6 is 23.4 Å². The van der Waals surface area contributed by atoms with E-state index in [-0.39, 0.29) is 5.91 Å². The Kier molecular flexibility index (Phi) is 7.68. The van der Waals surface area contributed by atoms with Gasteiger partial charge < -0.3 is 14.2 Å². The fraction of sp³-hybridized carbons (Fsp3) is 0.348. The number of thioether (sulfide) groups is 1. The Morgan fingerprint density at radius 1 is 1.09 bits per heavy atom. The van der Waals surface area contributed by atoms with E-state index < -0.39 is 0 Å². The van der Waals surface area contributed by atoms with Gasteiger partial charge in [0.05, 0.1) is 13.7 Å². The van der Waals surface area contributed by atoms with Crippen LogP contribution in [0.2, 0.25) is 5.02 Å². The molecular weight excluding hydrogens is 448 g/mol. The summed E-state index contributed by atoms with van der Waals surface area (Å²) in [6.07, 6.45) is 0.533. The van der Waals surface area contributed by atoms with Crippen LogP contribution in [0.3, 0.4) is 0 Å². The first-order chi connectivity index (χ1) is 15.6. The van der Waals surface area contributed by atoms with Crippen LogP contribution in [0.5, 0.6) is 5.75 Å². The van der Waals surface area contributed by atoms with Crippen molar-refractivity contribution >= 4 is 29.3 Å². The predicted molar refractivity (Wildman–Crippen MR) is 125 cm³/mol. The monoisotopic (exact) mass is 472 g/mol. The molecule has 0 unspecified atom stereocenters. The minimum Gasteiger partial charge on any atom is -0.497 e. The molecule has 1 saturated heterocycles. The summed E-state index contributed by atoms with van der Waals surface area (Å²) < 4.78 is 10.6. The molecule has 32 heavy (non-hydrogen) atoms. The van der Waals surface area contributed by atoms with E-state index in [1.807, 2.05) is 41.3 Å². The highest BCUT2D eigenvalue weighted by Gasteiger charge is 2.22. The van der Waals surface area contributed by atoms with E-state index in [0.29, 0.717) is 42.8 Å². The number of hydrogen-bond donors (Lipinski definition) is 0. The zero-order valence-corrected chi connectivity index (χ0v) is 19.4. The van der Waals surface area contributed by atoms with E-state index in [0.717, 1.165) is 35.1 Å². The number of carbonyl (C=O) groups is 1. The number of aromatic nitrogens is 2. The summed E-state index contributed by atoms with van der Waals surface area (Å²) in [6, 6.07) is 15.3. The molecule has 0 radical (unpaired) electrons. The average molecular weight is 473 g/mol. The second-order valence-corrected chi connectivity index (χ2v) is 9.05. The average Bonchev–Trinajstić information content (AvgIpc) is 3.29. The maximum Gasteiger partial charge on any atom is 0.241 e. The number of hydrogen-bond acceptors (Lipinski definition) is 7. The first kappa shape index (κ1) is 22.6. The fourth-order valence-electron chi connectivity index (χ4n) is 3.47. The topological polar surface area (TPSA) is 71.7 Å². The van der Waals surface area contributed by atoms with Crippen LogP contribution in [0.15, 0.2) is 57.9 Å². The molecule has 2 heterocycles. The Bertz CT molecular complexity index is 1020. The standard InChI is InChI=1S/C23H25ClN4O3S/c1-30-19-6-8-20(9-7-19)32-15-10-22(29)28-13-11-27(12-14-28)16-21-25-23(26-31-21)17-2-4-18(24)5-3-17/h2-9H,10-16H2,1H3. The maximum absolute atomic E-state index is 12.6. The predicted octanol–water partition coefficient (Wildman–Crippen LogP) is 4.23. The van der Waals surface area contributed by atoms with Gasteiger partial charge in [0, 0.05) is 53.8 Å². The number of benzene rings is 2. The first-order valence-corrected chi connectivity index (χ1v) is 11.8. The number of piperazine rings is 1.